The van der Waals surface area contributed by atoms with Gasteiger partial charge in [-0.25, -0.2) is 4.98 Å². The van der Waals surface area contributed by atoms with E-state index < -0.39 is 79.1 Å². The van der Waals surface area contributed by atoms with Crippen LogP contribution in [-0.2, 0) is 23.8 Å². The van der Waals surface area contributed by atoms with Gasteiger partial charge < -0.3 is 49.5 Å². The molecular weight excluding hydrogens is 930 g/mol. The maximum atomic E-state index is 14.3. The summed E-state index contributed by atoms with van der Waals surface area (Å²) in [5.74, 6) is -3.34. The Bertz CT molecular complexity index is 1970. The Balaban J connectivity index is 1.21. The first kappa shape index (κ1) is 59.5. The molecular formula is C58H91N3O10P+. The van der Waals surface area contributed by atoms with Crippen molar-refractivity contribution in [3.8, 4) is 0 Å². The van der Waals surface area contributed by atoms with E-state index in [1.165, 1.54) is 29.9 Å². The molecule has 2 saturated heterocycles. The molecule has 13 nitrogen and oxygen atoms in total. The molecule has 0 aliphatic carbocycles. The number of aliphatic hydroxyl groups excluding tert-OH is 3. The molecule has 5 N–H and O–H groups in total. The molecule has 3 heterocycles. The zero-order valence-corrected chi connectivity index (χ0v) is 46.1. The number of hydrogen-bond acceptors (Lipinski definition) is 12. The number of nitrogens with zero attached hydrogens (tertiary/aromatic N) is 3. The Hall–Kier alpha value is -3.36. The minimum Gasteiger partial charge on any atom is -0.459 e. The maximum absolute atomic E-state index is 14.3. The molecule has 3 aromatic rings. The van der Waals surface area contributed by atoms with Crippen molar-refractivity contribution >= 4 is 35.2 Å². The summed E-state index contributed by atoms with van der Waals surface area (Å²) in [5.41, 5.74) is -2.44. The molecule has 1 aromatic heterocycles. The number of aliphatic hydroxyl groups is 5. The molecule has 14 heteroatoms. The van der Waals surface area contributed by atoms with E-state index in [0.29, 0.717) is 12.8 Å². The largest absolute Gasteiger partial charge is 0.459 e. The SMILES string of the molecule is CC[C@H]1OC(=O)[C@H](C)[C@@H](O)[C@H](C)[C@@H](O[C@@H]2O[C@H](C)C[C@H](N(C)C)[C@H]2O)[C@](C)(O)C[C@@H](C)CN(C(=O)CCCCCCCCCCC[P+](c2ccccc2)(c2ccccc2)c2ccccn2)[C@H](C)[C@@H](O)[C@]1(C)O. The minimum absolute atomic E-state index is 0.0936. The summed E-state index contributed by atoms with van der Waals surface area (Å²) in [6.45, 7) is 13.6. The highest BCUT2D eigenvalue weighted by molar-refractivity contribution is 7.95. The second-order valence-electron chi connectivity index (χ2n) is 22.0. The first-order valence-electron chi connectivity index (χ1n) is 27.0. The summed E-state index contributed by atoms with van der Waals surface area (Å²) in [6, 6.07) is 26.9. The van der Waals surface area contributed by atoms with E-state index in [0.717, 1.165) is 57.5 Å². The number of pyridine rings is 1. The Morgan fingerprint density at radius 3 is 1.90 bits per heavy atom. The van der Waals surface area contributed by atoms with E-state index in [4.69, 9.17) is 19.2 Å². The number of amides is 1. The van der Waals surface area contributed by atoms with Crippen LogP contribution in [-0.4, -0.2) is 145 Å². The lowest BCUT2D eigenvalue weighted by atomic mass is 9.78. The number of likely N-dealkylation sites (N-methyl/N-ethyl adjacent to an activating group) is 1. The Kier molecular flexibility index (Phi) is 22.7. The van der Waals surface area contributed by atoms with Gasteiger partial charge >= 0.3 is 5.97 Å². The monoisotopic (exact) mass is 1020 g/mol. The van der Waals surface area contributed by atoms with Crippen LogP contribution in [0, 0.1) is 17.8 Å². The number of hydrogen-bond donors (Lipinski definition) is 5. The van der Waals surface area contributed by atoms with Gasteiger partial charge in [0, 0.05) is 37.2 Å². The van der Waals surface area contributed by atoms with Gasteiger partial charge in [-0.3, -0.25) is 9.59 Å². The van der Waals surface area contributed by atoms with Gasteiger partial charge in [-0.15, -0.1) is 0 Å². The predicted molar refractivity (Wildman–Crippen MR) is 288 cm³/mol. The van der Waals surface area contributed by atoms with Gasteiger partial charge in [-0.2, -0.15) is 0 Å². The average molecular weight is 1020 g/mol. The molecule has 402 valence electrons. The van der Waals surface area contributed by atoms with Crippen molar-refractivity contribution in [1.82, 2.24) is 14.8 Å². The van der Waals surface area contributed by atoms with Crippen LogP contribution in [0.25, 0.3) is 0 Å². The Morgan fingerprint density at radius 1 is 0.806 bits per heavy atom. The van der Waals surface area contributed by atoms with Crippen LogP contribution in [0.4, 0.5) is 0 Å². The molecule has 0 radical (unpaired) electrons. The molecule has 72 heavy (non-hydrogen) atoms. The zero-order valence-electron chi connectivity index (χ0n) is 45.2. The number of aromatic nitrogens is 1. The van der Waals surface area contributed by atoms with Crippen molar-refractivity contribution in [2.24, 2.45) is 17.8 Å². The van der Waals surface area contributed by atoms with Crippen molar-refractivity contribution in [3.63, 3.8) is 0 Å². The third-order valence-corrected chi connectivity index (χ3v) is 20.2. The molecule has 2 fully saturated rings. The predicted octanol–water partition coefficient (Wildman–Crippen LogP) is 7.16. The number of ether oxygens (including phenoxy) is 3. The molecule has 5 rings (SSSR count). The summed E-state index contributed by atoms with van der Waals surface area (Å²) in [5, 5.41) is 62.3. The topological polar surface area (TPSA) is 182 Å². The number of esters is 1. The Morgan fingerprint density at radius 2 is 1.36 bits per heavy atom. The highest BCUT2D eigenvalue weighted by Gasteiger charge is 2.51. The van der Waals surface area contributed by atoms with E-state index in [1.54, 1.807) is 32.6 Å². The zero-order chi connectivity index (χ0) is 52.8. The van der Waals surface area contributed by atoms with Crippen molar-refractivity contribution < 1.29 is 49.3 Å². The van der Waals surface area contributed by atoms with E-state index in [2.05, 4.69) is 72.8 Å². The summed E-state index contributed by atoms with van der Waals surface area (Å²) in [4.78, 5) is 36.6. The third-order valence-electron chi connectivity index (χ3n) is 15.8. The fourth-order valence-corrected chi connectivity index (χ4v) is 15.8. The van der Waals surface area contributed by atoms with Gasteiger partial charge in [0.25, 0.3) is 0 Å². The van der Waals surface area contributed by atoms with Gasteiger partial charge in [0.15, 0.2) is 11.7 Å². The lowest BCUT2D eigenvalue weighted by Crippen LogP contribution is -2.60. The second-order valence-corrected chi connectivity index (χ2v) is 25.6. The summed E-state index contributed by atoms with van der Waals surface area (Å²) in [7, 11) is 1.80. The number of cyclic esters (lactones) is 1. The van der Waals surface area contributed by atoms with Crippen molar-refractivity contribution in [2.45, 2.75) is 205 Å². The molecule has 2 aliphatic heterocycles. The van der Waals surface area contributed by atoms with Crippen molar-refractivity contribution in [3.05, 3.63) is 85.1 Å². The van der Waals surface area contributed by atoms with Crippen LogP contribution in [0.5, 0.6) is 0 Å². The number of carbonyl (C=O) groups is 2. The molecule has 0 saturated carbocycles. The molecule has 0 unspecified atom stereocenters. The first-order chi connectivity index (χ1) is 34.2. The van der Waals surface area contributed by atoms with Crippen LogP contribution in [0.3, 0.4) is 0 Å². The quantitative estimate of drug-likeness (QED) is 0.0465. The summed E-state index contributed by atoms with van der Waals surface area (Å²) < 4.78 is 18.6. The second kappa shape index (κ2) is 27.4. The van der Waals surface area contributed by atoms with Crippen LogP contribution < -0.4 is 16.0 Å². The van der Waals surface area contributed by atoms with Crippen LogP contribution >= 0.6 is 7.26 Å². The van der Waals surface area contributed by atoms with E-state index in [1.807, 2.05) is 45.1 Å². The Labute approximate surface area is 432 Å². The lowest BCUT2D eigenvalue weighted by Gasteiger charge is -2.46. The van der Waals surface area contributed by atoms with Crippen molar-refractivity contribution in [1.29, 1.82) is 0 Å². The van der Waals surface area contributed by atoms with E-state index >= 15 is 0 Å². The van der Waals surface area contributed by atoms with Gasteiger partial charge in [0.05, 0.1) is 42.0 Å². The van der Waals surface area contributed by atoms with Gasteiger partial charge in [-0.1, -0.05) is 102 Å². The standard InChI is InChI=1S/C58H91N3O10P/c1-11-48-58(8,68)53(65)44(6)61(39-40(2)38-57(7,67)54(42(4)51(63)43(5)55(66)70-48)71-56-52(64)47(60(9)10)37-41(3)69-56)50(62)34-25-17-15-13-12-14-16-18-28-36-72(45-29-21-19-22-30-45,46-31-23-20-24-32-46)49-33-26-27-35-59-49/h19-24,26-27,29-33,35,40-44,47-48,51-54,56,63-65,67-68H,11-18,25,28,34,36-39H2,1-10H3/q+1/t40-,41-,42+,43-,44-,47+,48-,51+,52-,53-,54-,56+,57-,58-/m1/s1. The molecule has 0 spiro atoms. The van der Waals surface area contributed by atoms with Gasteiger partial charge in [0.2, 0.25) is 5.91 Å². The van der Waals surface area contributed by atoms with Crippen LogP contribution in [0.2, 0.25) is 0 Å². The third kappa shape index (κ3) is 14.9. The lowest BCUT2D eigenvalue weighted by molar-refractivity contribution is -0.299. The van der Waals surface area contributed by atoms with Crippen LogP contribution in [0.15, 0.2) is 85.1 Å². The maximum Gasteiger partial charge on any atom is 0.311 e. The number of benzene rings is 2. The number of rotatable bonds is 19. The van der Waals surface area contributed by atoms with E-state index in [9.17, 15) is 35.1 Å². The highest BCUT2D eigenvalue weighted by Crippen LogP contribution is 2.55. The number of unbranched alkanes of at least 4 members (excludes halogenated alkanes) is 8. The minimum atomic E-state index is -1.96. The van der Waals surface area contributed by atoms with Crippen LogP contribution in [0.1, 0.15) is 139 Å². The molecule has 1 amide bonds. The normalized spacial score (nSPS) is 32.4. The summed E-state index contributed by atoms with van der Waals surface area (Å²) >= 11 is 0. The highest BCUT2D eigenvalue weighted by atomic mass is 31.2. The molecule has 2 aromatic carbocycles. The van der Waals surface area contributed by atoms with Gasteiger partial charge in [-0.05, 0) is 123 Å². The molecule has 14 atom stereocenters. The average Bonchev–Trinajstić information content (AvgIpc) is 3.36. The van der Waals surface area contributed by atoms with E-state index in [-0.39, 0.29) is 49.8 Å². The van der Waals surface area contributed by atoms with Crippen molar-refractivity contribution in [2.75, 3.05) is 26.8 Å². The van der Waals surface area contributed by atoms with Gasteiger partial charge in [0.1, 0.15) is 41.8 Å². The fraction of sp³-hybridized carbons (Fsp3) is 0.672. The first-order valence-corrected chi connectivity index (χ1v) is 29.0. The summed E-state index contributed by atoms with van der Waals surface area (Å²) in [6.07, 6.45) is 5.65. The molecule has 0 bridgehead atoms. The smallest absolute Gasteiger partial charge is 0.311 e. The number of carbonyl (C=O) groups excluding carboxylic acids is 2. The molecule has 2 aliphatic rings. The fourth-order valence-electron chi connectivity index (χ4n) is 11.6.